The van der Waals surface area contributed by atoms with Gasteiger partial charge in [0.25, 0.3) is 0 Å². The van der Waals surface area contributed by atoms with E-state index >= 15 is 0 Å². The topological polar surface area (TPSA) is 196 Å². The van der Waals surface area contributed by atoms with Crippen LogP contribution >= 0.6 is 0 Å². The lowest BCUT2D eigenvalue weighted by molar-refractivity contribution is -0.281. The van der Waals surface area contributed by atoms with E-state index in [0.717, 1.165) is 18.2 Å². The molecule has 1 aromatic heterocycles. The molecule has 1 aliphatic rings. The number of phenols is 3. The van der Waals surface area contributed by atoms with Gasteiger partial charge in [0.05, 0.1) is 6.61 Å². The van der Waals surface area contributed by atoms with Gasteiger partial charge in [-0.3, -0.25) is 4.79 Å². The van der Waals surface area contributed by atoms with Crippen molar-refractivity contribution in [1.29, 1.82) is 0 Å². The van der Waals surface area contributed by atoms with E-state index in [-0.39, 0.29) is 28.2 Å². The van der Waals surface area contributed by atoms with Crippen molar-refractivity contribution in [2.45, 2.75) is 30.7 Å². The smallest absolute Gasteiger partial charge is 0.331 e. The molecule has 218 valence electrons. The van der Waals surface area contributed by atoms with Crippen LogP contribution in [0.1, 0.15) is 5.56 Å². The van der Waals surface area contributed by atoms with Gasteiger partial charge in [0.2, 0.25) is 17.5 Å². The van der Waals surface area contributed by atoms with Crippen LogP contribution in [0.25, 0.3) is 28.4 Å². The second kappa shape index (κ2) is 11.9. The van der Waals surface area contributed by atoms with Gasteiger partial charge in [0, 0.05) is 23.8 Å². The molecule has 0 radical (unpaired) electrons. The van der Waals surface area contributed by atoms with Crippen molar-refractivity contribution >= 4 is 23.0 Å². The van der Waals surface area contributed by atoms with Crippen LogP contribution in [0.5, 0.6) is 23.0 Å². The number of rotatable bonds is 7. The van der Waals surface area contributed by atoms with Crippen molar-refractivity contribution in [3.05, 3.63) is 88.6 Å². The third kappa shape index (κ3) is 5.78. The maximum absolute atomic E-state index is 13.7. The Morgan fingerprint density at radius 2 is 1.64 bits per heavy atom. The summed E-state index contributed by atoms with van der Waals surface area (Å²) in [5.41, 5.74) is -0.130. The van der Waals surface area contributed by atoms with E-state index in [1.165, 1.54) is 18.2 Å². The van der Waals surface area contributed by atoms with Gasteiger partial charge < -0.3 is 49.3 Å². The summed E-state index contributed by atoms with van der Waals surface area (Å²) in [7, 11) is 0. The fraction of sp³-hybridized carbons (Fsp3) is 0.200. The average molecular weight is 579 g/mol. The fourth-order valence-corrected chi connectivity index (χ4v) is 4.47. The van der Waals surface area contributed by atoms with Gasteiger partial charge in [-0.2, -0.15) is 0 Å². The summed E-state index contributed by atoms with van der Waals surface area (Å²) >= 11 is 0. The zero-order valence-electron chi connectivity index (χ0n) is 21.7. The Bertz CT molecular complexity index is 1660. The van der Waals surface area contributed by atoms with Crippen molar-refractivity contribution in [3.8, 4) is 34.3 Å². The lowest BCUT2D eigenvalue weighted by atomic mass is 9.99. The second-order valence-corrected chi connectivity index (χ2v) is 9.44. The molecular formula is C30H26O12. The SMILES string of the molecule is O=C(/C=C/c1ccc(O)cc1)O[C@H]1[C@H](Oc2c(-c3ccccc3)oc3cc(O)cc(O)c3c2=O)O[C@H](CO)[C@@H](O)[C@@H]1O. The maximum atomic E-state index is 13.7. The standard InChI is InChI=1S/C30H26O12/c31-14-21-24(36)26(38)29(41-22(35)11-8-15-6-9-17(32)10-7-15)30(40-21)42-28-25(37)23-19(34)12-18(33)13-20(23)39-27(28)16-4-2-1-3-5-16/h1-13,21,24,26,29-34,36,38H,14H2/b11-8+/t21-,24-,26+,29-,30+/m1/s1. The highest BCUT2D eigenvalue weighted by atomic mass is 16.7. The Morgan fingerprint density at radius 1 is 0.929 bits per heavy atom. The van der Waals surface area contributed by atoms with Gasteiger partial charge in [-0.25, -0.2) is 4.79 Å². The first-order valence-corrected chi connectivity index (χ1v) is 12.7. The molecule has 0 amide bonds. The van der Waals surface area contributed by atoms with Crippen molar-refractivity contribution in [1.82, 2.24) is 0 Å². The Morgan fingerprint density at radius 3 is 2.33 bits per heavy atom. The molecule has 0 spiro atoms. The van der Waals surface area contributed by atoms with Crippen molar-refractivity contribution in [2.24, 2.45) is 0 Å². The van der Waals surface area contributed by atoms with Gasteiger partial charge >= 0.3 is 5.97 Å². The molecule has 12 heteroatoms. The minimum absolute atomic E-state index is 0.0304. The van der Waals surface area contributed by atoms with Crippen LogP contribution in [-0.2, 0) is 14.3 Å². The zero-order valence-corrected chi connectivity index (χ0v) is 21.7. The fourth-order valence-electron chi connectivity index (χ4n) is 4.47. The normalized spacial score (nSPS) is 22.3. The zero-order chi connectivity index (χ0) is 30.0. The van der Waals surface area contributed by atoms with E-state index in [2.05, 4.69) is 0 Å². The van der Waals surface area contributed by atoms with Crippen LogP contribution < -0.4 is 10.2 Å². The second-order valence-electron chi connectivity index (χ2n) is 9.44. The first kappa shape index (κ1) is 28.6. The molecule has 42 heavy (non-hydrogen) atoms. The molecule has 2 heterocycles. The number of phenolic OH excluding ortho intramolecular Hbond substituents is 3. The number of ether oxygens (including phenoxy) is 3. The van der Waals surface area contributed by atoms with Crippen LogP contribution in [0.15, 0.2) is 82.0 Å². The van der Waals surface area contributed by atoms with Gasteiger partial charge in [-0.05, 0) is 23.8 Å². The molecule has 1 fully saturated rings. The molecular weight excluding hydrogens is 552 g/mol. The highest BCUT2D eigenvalue weighted by molar-refractivity contribution is 5.88. The molecule has 5 rings (SSSR count). The van der Waals surface area contributed by atoms with Crippen LogP contribution in [-0.4, -0.2) is 73.9 Å². The summed E-state index contributed by atoms with van der Waals surface area (Å²) < 4.78 is 22.8. The van der Waals surface area contributed by atoms with Gasteiger partial charge in [-0.1, -0.05) is 42.5 Å². The molecule has 4 aromatic rings. The van der Waals surface area contributed by atoms with Crippen LogP contribution in [0, 0.1) is 0 Å². The quantitative estimate of drug-likeness (QED) is 0.138. The summed E-state index contributed by atoms with van der Waals surface area (Å²) in [6, 6.07) is 16.2. The number of hydrogen-bond acceptors (Lipinski definition) is 12. The number of carbonyl (C=O) groups is 1. The number of benzene rings is 3. The molecule has 1 aliphatic heterocycles. The Kier molecular flexibility index (Phi) is 8.13. The molecule has 0 unspecified atom stereocenters. The van der Waals surface area contributed by atoms with Crippen molar-refractivity contribution in [2.75, 3.05) is 6.61 Å². The summed E-state index contributed by atoms with van der Waals surface area (Å²) in [5.74, 6) is -2.54. The minimum atomic E-state index is -1.81. The van der Waals surface area contributed by atoms with Gasteiger partial charge in [0.15, 0.2) is 11.9 Å². The van der Waals surface area contributed by atoms with Crippen LogP contribution in [0.2, 0.25) is 0 Å². The summed E-state index contributed by atoms with van der Waals surface area (Å²) in [6.07, 6.45) is -5.92. The average Bonchev–Trinajstić information content (AvgIpc) is 2.97. The first-order chi connectivity index (χ1) is 20.2. The van der Waals surface area contributed by atoms with E-state index in [4.69, 9.17) is 18.6 Å². The Labute approximate surface area is 237 Å². The van der Waals surface area contributed by atoms with E-state index in [0.29, 0.717) is 11.1 Å². The Hall–Kier alpha value is -4.88. The van der Waals surface area contributed by atoms with Crippen LogP contribution in [0.3, 0.4) is 0 Å². The Balaban J connectivity index is 1.54. The molecule has 12 nitrogen and oxygen atoms in total. The number of hydrogen-bond donors (Lipinski definition) is 6. The molecule has 0 aliphatic carbocycles. The third-order valence-corrected chi connectivity index (χ3v) is 6.57. The molecule has 0 saturated carbocycles. The highest BCUT2D eigenvalue weighted by Gasteiger charge is 2.48. The predicted octanol–water partition coefficient (Wildman–Crippen LogP) is 2.02. The summed E-state index contributed by atoms with van der Waals surface area (Å²) in [6.45, 7) is -0.753. The van der Waals surface area contributed by atoms with Gasteiger partial charge in [0.1, 0.15) is 46.5 Å². The number of carbonyl (C=O) groups excluding carboxylic acids is 1. The van der Waals surface area contributed by atoms with E-state index in [9.17, 15) is 40.2 Å². The number of aromatic hydroxyl groups is 3. The molecule has 5 atom stereocenters. The number of aliphatic hydroxyl groups is 3. The van der Waals surface area contributed by atoms with E-state index in [1.54, 1.807) is 42.5 Å². The molecule has 0 bridgehead atoms. The largest absolute Gasteiger partial charge is 0.508 e. The molecule has 6 N–H and O–H groups in total. The summed E-state index contributed by atoms with van der Waals surface area (Å²) in [4.78, 5) is 26.4. The lowest BCUT2D eigenvalue weighted by Crippen LogP contribution is -2.61. The van der Waals surface area contributed by atoms with Crippen molar-refractivity contribution < 1.29 is 54.1 Å². The number of aliphatic hydroxyl groups excluding tert-OH is 3. The van der Waals surface area contributed by atoms with E-state index < -0.39 is 60.2 Å². The third-order valence-electron chi connectivity index (χ3n) is 6.57. The van der Waals surface area contributed by atoms with Crippen molar-refractivity contribution in [3.63, 3.8) is 0 Å². The minimum Gasteiger partial charge on any atom is -0.508 e. The van der Waals surface area contributed by atoms with E-state index in [1.807, 2.05) is 0 Å². The highest BCUT2D eigenvalue weighted by Crippen LogP contribution is 2.37. The summed E-state index contributed by atoms with van der Waals surface area (Å²) in [5, 5.41) is 60.5. The van der Waals surface area contributed by atoms with Crippen LogP contribution in [0.4, 0.5) is 0 Å². The molecule has 3 aromatic carbocycles. The lowest BCUT2D eigenvalue weighted by Gasteiger charge is -2.41. The number of fused-ring (bicyclic) bond motifs is 1. The molecule has 1 saturated heterocycles. The predicted molar refractivity (Wildman–Crippen MR) is 147 cm³/mol. The monoisotopic (exact) mass is 578 g/mol. The number of esters is 1. The first-order valence-electron chi connectivity index (χ1n) is 12.7. The maximum Gasteiger partial charge on any atom is 0.331 e. The van der Waals surface area contributed by atoms with Gasteiger partial charge in [-0.15, -0.1) is 0 Å².